The Balaban J connectivity index is 1.46. The molecule has 0 amide bonds. The molecule has 7 heteroatoms. The minimum absolute atomic E-state index is 0.127. The van der Waals surface area contributed by atoms with Gasteiger partial charge in [-0.2, -0.15) is 0 Å². The first kappa shape index (κ1) is 20.0. The fourth-order valence-electron chi connectivity index (χ4n) is 2.99. The average Bonchev–Trinajstić information content (AvgIpc) is 3.37. The lowest BCUT2D eigenvalue weighted by atomic mass is 10.1. The molecule has 31 heavy (non-hydrogen) atoms. The highest BCUT2D eigenvalue weighted by atomic mass is 16.5. The lowest BCUT2D eigenvalue weighted by Gasteiger charge is -2.11. The molecule has 154 valence electrons. The van der Waals surface area contributed by atoms with E-state index in [1.54, 1.807) is 31.4 Å². The summed E-state index contributed by atoms with van der Waals surface area (Å²) in [5.74, 6) is 1.12. The predicted molar refractivity (Wildman–Crippen MR) is 116 cm³/mol. The number of nitrogens with zero attached hydrogens (tertiary/aromatic N) is 4. The summed E-state index contributed by atoms with van der Waals surface area (Å²) in [5, 5.41) is 11.1. The number of ether oxygens (including phenoxy) is 2. The van der Waals surface area contributed by atoms with Gasteiger partial charge >= 0.3 is 0 Å². The van der Waals surface area contributed by atoms with Crippen LogP contribution in [-0.2, 0) is 6.61 Å². The molecule has 0 radical (unpaired) electrons. The number of aromatic nitrogens is 4. The highest BCUT2D eigenvalue weighted by Crippen LogP contribution is 2.29. The maximum absolute atomic E-state index is 12.6. The SMILES string of the molecule is COc1cc(/C=C/C(=O)c2cccc(-n3cnnn3)c2)ccc1OCc1ccccc1. The lowest BCUT2D eigenvalue weighted by molar-refractivity contribution is 0.104. The van der Waals surface area contributed by atoms with E-state index in [2.05, 4.69) is 15.5 Å². The fraction of sp³-hybridized carbons (Fsp3) is 0.0833. The Labute approximate surface area is 179 Å². The number of hydrogen-bond donors (Lipinski definition) is 0. The van der Waals surface area contributed by atoms with Crippen molar-refractivity contribution in [2.45, 2.75) is 6.61 Å². The van der Waals surface area contributed by atoms with E-state index >= 15 is 0 Å². The third-order valence-corrected chi connectivity index (χ3v) is 4.60. The van der Waals surface area contributed by atoms with Crippen molar-refractivity contribution in [1.82, 2.24) is 20.2 Å². The van der Waals surface area contributed by atoms with Gasteiger partial charge in [0.05, 0.1) is 12.8 Å². The first-order chi connectivity index (χ1) is 15.2. The molecule has 0 aliphatic carbocycles. The highest BCUT2D eigenvalue weighted by Gasteiger charge is 2.07. The normalized spacial score (nSPS) is 10.9. The van der Waals surface area contributed by atoms with Gasteiger partial charge in [-0.05, 0) is 51.9 Å². The van der Waals surface area contributed by atoms with E-state index in [1.807, 2.05) is 54.6 Å². The van der Waals surface area contributed by atoms with Gasteiger partial charge in [-0.3, -0.25) is 4.79 Å². The zero-order valence-electron chi connectivity index (χ0n) is 16.9. The molecule has 1 aromatic heterocycles. The van der Waals surface area contributed by atoms with Gasteiger partial charge in [-0.1, -0.05) is 54.6 Å². The first-order valence-corrected chi connectivity index (χ1v) is 9.63. The van der Waals surface area contributed by atoms with Gasteiger partial charge in [-0.25, -0.2) is 4.68 Å². The maximum atomic E-state index is 12.6. The quantitative estimate of drug-likeness (QED) is 0.320. The molecule has 0 aliphatic heterocycles. The summed E-state index contributed by atoms with van der Waals surface area (Å²) in [7, 11) is 1.59. The maximum Gasteiger partial charge on any atom is 0.185 e. The second-order valence-corrected chi connectivity index (χ2v) is 6.69. The topological polar surface area (TPSA) is 79.1 Å². The van der Waals surface area contributed by atoms with Crippen molar-refractivity contribution in [3.05, 3.63) is 102 Å². The highest BCUT2D eigenvalue weighted by molar-refractivity contribution is 6.07. The van der Waals surface area contributed by atoms with Crippen LogP contribution >= 0.6 is 0 Å². The van der Waals surface area contributed by atoms with Crippen LogP contribution in [0, 0.1) is 0 Å². The third-order valence-electron chi connectivity index (χ3n) is 4.60. The van der Waals surface area contributed by atoms with Gasteiger partial charge in [0.25, 0.3) is 0 Å². The van der Waals surface area contributed by atoms with E-state index in [0.29, 0.717) is 29.4 Å². The molecule has 4 rings (SSSR count). The molecule has 0 bridgehead atoms. The second-order valence-electron chi connectivity index (χ2n) is 6.69. The Hall–Kier alpha value is -4.26. The van der Waals surface area contributed by atoms with Crippen LogP contribution in [0.1, 0.15) is 21.5 Å². The standard InChI is InChI=1S/C24H20N4O3/c1-30-24-14-18(11-13-23(24)31-16-19-6-3-2-4-7-19)10-12-22(29)20-8-5-9-21(15-20)28-17-25-26-27-28/h2-15,17H,16H2,1H3/b12-10+. The molecule has 0 atom stereocenters. The van der Waals surface area contributed by atoms with Crippen LogP contribution in [-0.4, -0.2) is 33.1 Å². The van der Waals surface area contributed by atoms with Gasteiger partial charge in [0.15, 0.2) is 17.3 Å². The van der Waals surface area contributed by atoms with Crippen LogP contribution in [0.4, 0.5) is 0 Å². The molecule has 0 unspecified atom stereocenters. The van der Waals surface area contributed by atoms with Crippen LogP contribution < -0.4 is 9.47 Å². The molecule has 1 heterocycles. The van der Waals surface area contributed by atoms with Gasteiger partial charge in [-0.15, -0.1) is 5.10 Å². The molecule has 0 saturated heterocycles. The Morgan fingerprint density at radius 1 is 1.00 bits per heavy atom. The predicted octanol–water partition coefficient (Wildman–Crippen LogP) is 4.15. The van der Waals surface area contributed by atoms with Gasteiger partial charge in [0, 0.05) is 5.56 Å². The van der Waals surface area contributed by atoms with Crippen molar-refractivity contribution in [3.8, 4) is 17.2 Å². The van der Waals surface area contributed by atoms with E-state index in [4.69, 9.17) is 9.47 Å². The monoisotopic (exact) mass is 412 g/mol. The summed E-state index contributed by atoms with van der Waals surface area (Å²) >= 11 is 0. The summed E-state index contributed by atoms with van der Waals surface area (Å²) in [5.41, 5.74) is 3.15. The van der Waals surface area contributed by atoms with E-state index in [-0.39, 0.29) is 5.78 Å². The summed E-state index contributed by atoms with van der Waals surface area (Å²) in [4.78, 5) is 12.6. The van der Waals surface area contributed by atoms with E-state index in [1.165, 1.54) is 17.1 Å². The largest absolute Gasteiger partial charge is 0.493 e. The molecule has 0 fully saturated rings. The zero-order valence-corrected chi connectivity index (χ0v) is 16.9. The molecule has 4 aromatic rings. The smallest absolute Gasteiger partial charge is 0.185 e. The number of benzene rings is 3. The molecule has 3 aromatic carbocycles. The molecule has 0 aliphatic rings. The van der Waals surface area contributed by atoms with Gasteiger partial charge < -0.3 is 9.47 Å². The summed E-state index contributed by atoms with van der Waals surface area (Å²) in [6.07, 6.45) is 4.75. The number of rotatable bonds is 8. The van der Waals surface area contributed by atoms with Crippen LogP contribution in [0.15, 0.2) is 85.2 Å². The average molecular weight is 412 g/mol. The number of carbonyl (C=O) groups excluding carboxylic acids is 1. The lowest BCUT2D eigenvalue weighted by Crippen LogP contribution is -1.99. The zero-order chi connectivity index (χ0) is 21.5. The van der Waals surface area contributed by atoms with Crippen molar-refractivity contribution in [2.75, 3.05) is 7.11 Å². The van der Waals surface area contributed by atoms with Crippen molar-refractivity contribution in [3.63, 3.8) is 0 Å². The van der Waals surface area contributed by atoms with Gasteiger partial charge in [0.1, 0.15) is 12.9 Å². The number of methoxy groups -OCH3 is 1. The minimum Gasteiger partial charge on any atom is -0.493 e. The van der Waals surface area contributed by atoms with Crippen LogP contribution in [0.3, 0.4) is 0 Å². The number of ketones is 1. The van der Waals surface area contributed by atoms with Crippen LogP contribution in [0.5, 0.6) is 11.5 Å². The van der Waals surface area contributed by atoms with Crippen molar-refractivity contribution >= 4 is 11.9 Å². The van der Waals surface area contributed by atoms with Crippen molar-refractivity contribution < 1.29 is 14.3 Å². The summed E-state index contributed by atoms with van der Waals surface area (Å²) in [6.45, 7) is 0.447. The first-order valence-electron chi connectivity index (χ1n) is 9.63. The molecule has 0 N–H and O–H groups in total. The van der Waals surface area contributed by atoms with Gasteiger partial charge in [0.2, 0.25) is 0 Å². The molecule has 7 nitrogen and oxygen atoms in total. The minimum atomic E-state index is -0.127. The number of hydrogen-bond acceptors (Lipinski definition) is 6. The Bertz CT molecular complexity index is 1190. The molecular weight excluding hydrogens is 392 g/mol. The van der Waals surface area contributed by atoms with Crippen LogP contribution in [0.25, 0.3) is 11.8 Å². The Morgan fingerprint density at radius 3 is 2.65 bits per heavy atom. The fourth-order valence-corrected chi connectivity index (χ4v) is 2.99. The van der Waals surface area contributed by atoms with Crippen LogP contribution in [0.2, 0.25) is 0 Å². The summed E-state index contributed by atoms with van der Waals surface area (Å²) in [6, 6.07) is 22.6. The van der Waals surface area contributed by atoms with E-state index < -0.39 is 0 Å². The second kappa shape index (κ2) is 9.49. The summed E-state index contributed by atoms with van der Waals surface area (Å²) < 4.78 is 12.8. The van der Waals surface area contributed by atoms with Crippen molar-refractivity contribution in [1.29, 1.82) is 0 Å². The number of carbonyl (C=O) groups is 1. The third kappa shape index (κ3) is 5.02. The Kier molecular flexibility index (Phi) is 6.13. The van der Waals surface area contributed by atoms with Crippen molar-refractivity contribution in [2.24, 2.45) is 0 Å². The molecular formula is C24H20N4O3. The Morgan fingerprint density at radius 2 is 1.87 bits per heavy atom. The van der Waals surface area contributed by atoms with E-state index in [0.717, 1.165) is 11.1 Å². The molecule has 0 saturated carbocycles. The van der Waals surface area contributed by atoms with E-state index in [9.17, 15) is 4.79 Å². The molecule has 0 spiro atoms. The number of allylic oxidation sites excluding steroid dienone is 1. The number of tetrazole rings is 1.